The zero-order valence-corrected chi connectivity index (χ0v) is 17.4. The quantitative estimate of drug-likeness (QED) is 0.446. The van der Waals surface area contributed by atoms with E-state index in [4.69, 9.17) is 9.47 Å². The van der Waals surface area contributed by atoms with Gasteiger partial charge in [-0.2, -0.15) is 0 Å². The highest BCUT2D eigenvalue weighted by Crippen LogP contribution is 2.40. The molecule has 0 saturated heterocycles. The number of fused-ring (bicyclic) bond motifs is 1. The van der Waals surface area contributed by atoms with E-state index < -0.39 is 5.97 Å². The van der Waals surface area contributed by atoms with Crippen molar-refractivity contribution in [2.75, 3.05) is 19.0 Å². The van der Waals surface area contributed by atoms with Crippen LogP contribution in [0.25, 0.3) is 15.9 Å². The molecular formula is C23H20N2O4S. The fraction of sp³-hybridized carbons (Fsp3) is 0.130. The van der Waals surface area contributed by atoms with Crippen molar-refractivity contribution in [3.05, 3.63) is 82.0 Å². The number of hydrogen-bond acceptors (Lipinski definition) is 6. The maximum atomic E-state index is 12.7. The van der Waals surface area contributed by atoms with E-state index in [-0.39, 0.29) is 12.2 Å². The molecule has 4 aromatic rings. The van der Waals surface area contributed by atoms with Gasteiger partial charge in [0.2, 0.25) is 0 Å². The monoisotopic (exact) mass is 420 g/mol. The van der Waals surface area contributed by atoms with Crippen LogP contribution in [0.5, 0.6) is 5.75 Å². The summed E-state index contributed by atoms with van der Waals surface area (Å²) >= 11 is 1.23. The molecule has 0 aliphatic heterocycles. The van der Waals surface area contributed by atoms with E-state index in [0.717, 1.165) is 11.1 Å². The molecule has 0 aliphatic rings. The molecule has 1 N–H and O–H groups in total. The van der Waals surface area contributed by atoms with Gasteiger partial charge in [-0.1, -0.05) is 30.3 Å². The van der Waals surface area contributed by atoms with Gasteiger partial charge in [-0.3, -0.25) is 9.36 Å². The highest BCUT2D eigenvalue weighted by Gasteiger charge is 2.23. The number of hydrogen-bond donors (Lipinski definition) is 1. The highest BCUT2D eigenvalue weighted by molar-refractivity contribution is 7.21. The van der Waals surface area contributed by atoms with E-state index in [1.165, 1.54) is 17.4 Å². The molecule has 0 bridgehead atoms. The van der Waals surface area contributed by atoms with Gasteiger partial charge in [0, 0.05) is 11.5 Å². The van der Waals surface area contributed by atoms with Gasteiger partial charge in [0.25, 0.3) is 5.56 Å². The van der Waals surface area contributed by atoms with E-state index in [0.29, 0.717) is 26.8 Å². The van der Waals surface area contributed by atoms with Crippen LogP contribution in [0.3, 0.4) is 0 Å². The number of nitrogens with one attached hydrogen (secondary N) is 1. The summed E-state index contributed by atoms with van der Waals surface area (Å²) in [6.45, 7) is 2.02. The predicted molar refractivity (Wildman–Crippen MR) is 120 cm³/mol. The number of rotatable bonds is 6. The molecule has 7 heteroatoms. The summed E-state index contributed by atoms with van der Waals surface area (Å²) in [7, 11) is 1.59. The fourth-order valence-corrected chi connectivity index (χ4v) is 4.42. The molecule has 0 atom stereocenters. The molecule has 0 radical (unpaired) electrons. The van der Waals surface area contributed by atoms with Crippen LogP contribution in [0.2, 0.25) is 0 Å². The molecule has 30 heavy (non-hydrogen) atoms. The lowest BCUT2D eigenvalue weighted by molar-refractivity contribution is 0.0533. The predicted octanol–water partition coefficient (Wildman–Crippen LogP) is 4.98. The Labute approximate surface area is 177 Å². The molecule has 152 valence electrons. The maximum Gasteiger partial charge on any atom is 0.350 e. The Balaban J connectivity index is 1.97. The molecular weight excluding hydrogens is 400 g/mol. The summed E-state index contributed by atoms with van der Waals surface area (Å²) in [5.74, 6) is 0.200. The zero-order chi connectivity index (χ0) is 21.1. The first kappa shape index (κ1) is 19.7. The molecule has 0 amide bonds. The SMILES string of the molecule is CCOC(=O)c1sc2c(ccc(=O)n2-c2ccccc2)c1Nc1ccccc1OC. The summed E-state index contributed by atoms with van der Waals surface area (Å²) < 4.78 is 12.3. The van der Waals surface area contributed by atoms with Crippen LogP contribution in [-0.2, 0) is 4.74 Å². The Morgan fingerprint density at radius 1 is 1.03 bits per heavy atom. The van der Waals surface area contributed by atoms with Crippen LogP contribution in [0.4, 0.5) is 11.4 Å². The minimum atomic E-state index is -0.442. The lowest BCUT2D eigenvalue weighted by Crippen LogP contribution is -2.16. The van der Waals surface area contributed by atoms with E-state index >= 15 is 0 Å². The van der Waals surface area contributed by atoms with Crippen molar-refractivity contribution in [1.29, 1.82) is 0 Å². The largest absolute Gasteiger partial charge is 0.495 e. The van der Waals surface area contributed by atoms with Crippen molar-refractivity contribution in [2.24, 2.45) is 0 Å². The molecule has 2 aromatic heterocycles. The lowest BCUT2D eigenvalue weighted by Gasteiger charge is -2.12. The number of carbonyl (C=O) groups is 1. The second kappa shape index (κ2) is 8.42. The van der Waals surface area contributed by atoms with Gasteiger partial charge in [-0.25, -0.2) is 4.79 Å². The van der Waals surface area contributed by atoms with E-state index in [9.17, 15) is 9.59 Å². The molecule has 0 aliphatic carbocycles. The summed E-state index contributed by atoms with van der Waals surface area (Å²) in [4.78, 5) is 26.5. The average molecular weight is 420 g/mol. The lowest BCUT2D eigenvalue weighted by atomic mass is 10.2. The molecule has 0 fully saturated rings. The second-order valence-corrected chi connectivity index (χ2v) is 7.41. The Morgan fingerprint density at radius 2 is 1.77 bits per heavy atom. The first-order valence-electron chi connectivity index (χ1n) is 9.45. The van der Waals surface area contributed by atoms with Crippen LogP contribution >= 0.6 is 11.3 Å². The molecule has 0 saturated carbocycles. The van der Waals surface area contributed by atoms with Gasteiger partial charge >= 0.3 is 5.97 Å². The standard InChI is InChI=1S/C23H20N2O4S/c1-3-29-23(27)21-20(24-17-11-7-8-12-18(17)28-2)16-13-14-19(26)25(22(16)30-21)15-9-5-4-6-10-15/h4-14,24H,3H2,1-2H3. The normalized spacial score (nSPS) is 10.7. The number of ether oxygens (including phenoxy) is 2. The third-order valence-corrected chi connectivity index (χ3v) is 5.75. The third kappa shape index (κ3) is 3.55. The topological polar surface area (TPSA) is 69.6 Å². The number of methoxy groups -OCH3 is 1. The van der Waals surface area contributed by atoms with Gasteiger partial charge < -0.3 is 14.8 Å². The molecule has 2 aromatic carbocycles. The van der Waals surface area contributed by atoms with Crippen molar-refractivity contribution in [1.82, 2.24) is 4.57 Å². The van der Waals surface area contributed by atoms with E-state index in [2.05, 4.69) is 5.32 Å². The number of carbonyl (C=O) groups excluding carboxylic acids is 1. The molecule has 2 heterocycles. The van der Waals surface area contributed by atoms with E-state index in [1.807, 2.05) is 54.6 Å². The first-order chi connectivity index (χ1) is 14.6. The number of benzene rings is 2. The minimum Gasteiger partial charge on any atom is -0.495 e. The fourth-order valence-electron chi connectivity index (χ4n) is 3.25. The summed E-state index contributed by atoms with van der Waals surface area (Å²) in [6, 6.07) is 20.0. The van der Waals surface area contributed by atoms with Crippen molar-refractivity contribution >= 4 is 38.9 Å². The number of anilines is 2. The van der Waals surface area contributed by atoms with Crippen molar-refractivity contribution < 1.29 is 14.3 Å². The number of pyridine rings is 1. The zero-order valence-electron chi connectivity index (χ0n) is 16.5. The van der Waals surface area contributed by atoms with Gasteiger partial charge in [-0.15, -0.1) is 11.3 Å². The Hall–Kier alpha value is -3.58. The van der Waals surface area contributed by atoms with E-state index in [1.54, 1.807) is 24.7 Å². The Bertz CT molecular complexity index is 1260. The number of nitrogens with zero attached hydrogens (tertiary/aromatic N) is 1. The van der Waals surface area contributed by atoms with Crippen molar-refractivity contribution in [3.8, 4) is 11.4 Å². The van der Waals surface area contributed by atoms with Crippen LogP contribution in [0, 0.1) is 0 Å². The molecule has 0 unspecified atom stereocenters. The van der Waals surface area contributed by atoms with Crippen molar-refractivity contribution in [2.45, 2.75) is 6.92 Å². The minimum absolute atomic E-state index is 0.172. The summed E-state index contributed by atoms with van der Waals surface area (Å²) in [5.41, 5.74) is 1.85. The van der Waals surface area contributed by atoms with Crippen LogP contribution in [0.15, 0.2) is 71.5 Å². The Morgan fingerprint density at radius 3 is 2.50 bits per heavy atom. The number of esters is 1. The molecule has 4 rings (SSSR count). The van der Waals surface area contributed by atoms with Gasteiger partial charge in [-0.05, 0) is 37.3 Å². The number of thiophene rings is 1. The molecule has 6 nitrogen and oxygen atoms in total. The van der Waals surface area contributed by atoms with Gasteiger partial charge in [0.15, 0.2) is 0 Å². The second-order valence-electron chi connectivity index (χ2n) is 6.41. The number of aromatic nitrogens is 1. The first-order valence-corrected chi connectivity index (χ1v) is 10.3. The maximum absolute atomic E-state index is 12.7. The van der Waals surface area contributed by atoms with Crippen LogP contribution < -0.4 is 15.6 Å². The Kier molecular flexibility index (Phi) is 5.54. The smallest absolute Gasteiger partial charge is 0.350 e. The van der Waals surface area contributed by atoms with Crippen molar-refractivity contribution in [3.63, 3.8) is 0 Å². The highest BCUT2D eigenvalue weighted by atomic mass is 32.1. The van der Waals surface area contributed by atoms with Crippen LogP contribution in [-0.4, -0.2) is 24.3 Å². The summed E-state index contributed by atoms with van der Waals surface area (Å²) in [6.07, 6.45) is 0. The van der Waals surface area contributed by atoms with Gasteiger partial charge in [0.05, 0.1) is 30.8 Å². The van der Waals surface area contributed by atoms with Gasteiger partial charge in [0.1, 0.15) is 15.5 Å². The van der Waals surface area contributed by atoms with Crippen LogP contribution in [0.1, 0.15) is 16.6 Å². The molecule has 0 spiro atoms. The average Bonchev–Trinajstić information content (AvgIpc) is 3.13. The summed E-state index contributed by atoms with van der Waals surface area (Å²) in [5, 5.41) is 4.07. The third-order valence-electron chi connectivity index (χ3n) is 4.58. The number of para-hydroxylation sites is 3.